The minimum atomic E-state index is -3.83. The van der Waals surface area contributed by atoms with Crippen molar-refractivity contribution < 1.29 is 16.8 Å². The van der Waals surface area contributed by atoms with Gasteiger partial charge in [-0.15, -0.1) is 0 Å². The Balaban J connectivity index is 2.25. The van der Waals surface area contributed by atoms with Gasteiger partial charge in [0.05, 0.1) is 20.6 Å². The van der Waals surface area contributed by atoms with E-state index in [0.29, 0.717) is 5.69 Å². The van der Waals surface area contributed by atoms with Gasteiger partial charge in [-0.1, -0.05) is 0 Å². The Morgan fingerprint density at radius 1 is 0.913 bits per heavy atom. The first-order valence-corrected chi connectivity index (χ1v) is 9.50. The number of hydrogen-bond donors (Lipinski definition) is 2. The van der Waals surface area contributed by atoms with E-state index in [9.17, 15) is 16.8 Å². The quantitative estimate of drug-likeness (QED) is 0.616. The molecule has 0 aromatic heterocycles. The summed E-state index contributed by atoms with van der Waals surface area (Å²) in [5.41, 5.74) is 0.690. The molecule has 2 rings (SSSR count). The van der Waals surface area contributed by atoms with Crippen LogP contribution in [-0.4, -0.2) is 22.0 Å². The lowest BCUT2D eigenvalue weighted by molar-refractivity contribution is 0.597. The summed E-state index contributed by atoms with van der Waals surface area (Å²) in [5, 5.41) is 7.16. The topological polar surface area (TPSA) is 119 Å². The standard InChI is InChI=1S/C13H11N3O4S3/c14-22(17,18)12-5-3-11(4-6-12)16-23(19,20)13-7-1-10(2-8-13)15-9-21/h1-8,16H,(H2,14,17,18). The zero-order valence-corrected chi connectivity index (χ0v) is 14.0. The highest BCUT2D eigenvalue weighted by atomic mass is 32.2. The van der Waals surface area contributed by atoms with Crippen LogP contribution in [0.2, 0.25) is 0 Å². The molecular formula is C13H11N3O4S3. The molecule has 0 radical (unpaired) electrons. The van der Waals surface area contributed by atoms with Crippen LogP contribution in [0.15, 0.2) is 63.3 Å². The molecule has 0 bridgehead atoms. The molecule has 0 fully saturated rings. The van der Waals surface area contributed by atoms with Crippen molar-refractivity contribution in [3.05, 3.63) is 48.5 Å². The molecule has 0 atom stereocenters. The molecule has 23 heavy (non-hydrogen) atoms. The molecule has 2 aromatic rings. The summed E-state index contributed by atoms with van der Waals surface area (Å²) in [5.74, 6) is 0. The van der Waals surface area contributed by atoms with Gasteiger partial charge in [-0.2, -0.15) is 4.99 Å². The van der Waals surface area contributed by atoms with Gasteiger partial charge in [-0.3, -0.25) is 4.72 Å². The summed E-state index contributed by atoms with van der Waals surface area (Å²) in [6.07, 6.45) is 0. The Morgan fingerprint density at radius 2 is 1.43 bits per heavy atom. The zero-order valence-electron chi connectivity index (χ0n) is 11.5. The van der Waals surface area contributed by atoms with E-state index in [1.807, 2.05) is 0 Å². The normalized spacial score (nSPS) is 11.5. The Hall–Kier alpha value is -2.10. The lowest BCUT2D eigenvalue weighted by Gasteiger charge is -2.08. The van der Waals surface area contributed by atoms with Crippen molar-refractivity contribution in [2.24, 2.45) is 10.1 Å². The number of nitrogens with zero attached hydrogens (tertiary/aromatic N) is 1. The van der Waals surface area contributed by atoms with E-state index < -0.39 is 20.0 Å². The van der Waals surface area contributed by atoms with Crippen LogP contribution in [0.5, 0.6) is 0 Å². The molecule has 0 aliphatic rings. The van der Waals surface area contributed by atoms with Crippen molar-refractivity contribution in [3.63, 3.8) is 0 Å². The summed E-state index contributed by atoms with van der Waals surface area (Å²) in [6.45, 7) is 0. The van der Waals surface area contributed by atoms with E-state index in [0.717, 1.165) is 0 Å². The fraction of sp³-hybridized carbons (Fsp3) is 0. The highest BCUT2D eigenvalue weighted by Crippen LogP contribution is 2.20. The Morgan fingerprint density at radius 3 is 1.91 bits per heavy atom. The first kappa shape index (κ1) is 17.3. The maximum absolute atomic E-state index is 12.2. The summed E-state index contributed by atoms with van der Waals surface area (Å²) in [4.78, 5) is 3.64. The molecule has 2 aromatic carbocycles. The predicted octanol–water partition coefficient (Wildman–Crippen LogP) is 1.87. The number of primary sulfonamides is 1. The molecule has 0 spiro atoms. The monoisotopic (exact) mass is 369 g/mol. The van der Waals surface area contributed by atoms with E-state index in [-0.39, 0.29) is 15.5 Å². The van der Waals surface area contributed by atoms with Gasteiger partial charge in [0.25, 0.3) is 10.0 Å². The smallest absolute Gasteiger partial charge is 0.261 e. The number of sulfonamides is 2. The van der Waals surface area contributed by atoms with Gasteiger partial charge in [-0.25, -0.2) is 22.0 Å². The predicted molar refractivity (Wildman–Crippen MR) is 89.8 cm³/mol. The van der Waals surface area contributed by atoms with Gasteiger partial charge in [0.15, 0.2) is 0 Å². The Bertz CT molecular complexity index is 960. The summed E-state index contributed by atoms with van der Waals surface area (Å²) >= 11 is 4.46. The van der Waals surface area contributed by atoms with Crippen LogP contribution in [0.4, 0.5) is 11.4 Å². The van der Waals surface area contributed by atoms with Crippen molar-refractivity contribution >= 4 is 48.8 Å². The molecule has 0 unspecified atom stereocenters. The number of nitrogens with two attached hydrogens (primary N) is 1. The van der Waals surface area contributed by atoms with Crippen LogP contribution < -0.4 is 9.86 Å². The van der Waals surface area contributed by atoms with Crippen molar-refractivity contribution in [2.45, 2.75) is 9.79 Å². The third kappa shape index (κ3) is 4.44. The molecule has 120 valence electrons. The summed E-state index contributed by atoms with van der Waals surface area (Å²) in [6, 6.07) is 10.7. The van der Waals surface area contributed by atoms with Crippen molar-refractivity contribution in [3.8, 4) is 0 Å². The van der Waals surface area contributed by atoms with E-state index in [4.69, 9.17) is 5.14 Å². The van der Waals surface area contributed by atoms with Gasteiger partial charge in [0.2, 0.25) is 10.0 Å². The molecule has 0 amide bonds. The average Bonchev–Trinajstić information content (AvgIpc) is 2.47. The van der Waals surface area contributed by atoms with Gasteiger partial charge in [-0.05, 0) is 60.7 Å². The number of rotatable bonds is 5. The minimum Gasteiger partial charge on any atom is -0.280 e. The zero-order chi connectivity index (χ0) is 17.1. The molecule has 0 saturated carbocycles. The van der Waals surface area contributed by atoms with E-state index >= 15 is 0 Å². The largest absolute Gasteiger partial charge is 0.280 e. The highest BCUT2D eigenvalue weighted by molar-refractivity contribution is 7.92. The third-order valence-electron chi connectivity index (χ3n) is 2.76. The van der Waals surface area contributed by atoms with Gasteiger partial charge in [0, 0.05) is 5.69 Å². The number of isothiocyanates is 1. The van der Waals surface area contributed by atoms with E-state index in [2.05, 4.69) is 27.1 Å². The molecule has 3 N–H and O–H groups in total. The highest BCUT2D eigenvalue weighted by Gasteiger charge is 2.15. The molecule has 0 heterocycles. The van der Waals surface area contributed by atoms with Crippen LogP contribution >= 0.6 is 12.2 Å². The number of aliphatic imine (C=N–C) groups is 1. The maximum atomic E-state index is 12.2. The lowest BCUT2D eigenvalue weighted by atomic mass is 10.3. The van der Waals surface area contributed by atoms with Gasteiger partial charge >= 0.3 is 0 Å². The van der Waals surface area contributed by atoms with Gasteiger partial charge < -0.3 is 0 Å². The molecule has 7 nitrogen and oxygen atoms in total. The van der Waals surface area contributed by atoms with E-state index in [1.54, 1.807) is 0 Å². The molecule has 0 aliphatic heterocycles. The Labute approximate surface area is 139 Å². The summed E-state index contributed by atoms with van der Waals surface area (Å²) < 4.78 is 49.1. The lowest BCUT2D eigenvalue weighted by Crippen LogP contribution is -2.14. The van der Waals surface area contributed by atoms with E-state index in [1.165, 1.54) is 48.5 Å². The average molecular weight is 369 g/mol. The Kier molecular flexibility index (Phi) is 4.93. The number of nitrogens with one attached hydrogen (secondary N) is 1. The van der Waals surface area contributed by atoms with Crippen molar-refractivity contribution in [1.29, 1.82) is 0 Å². The van der Waals surface area contributed by atoms with Crippen LogP contribution in [0.3, 0.4) is 0 Å². The summed E-state index contributed by atoms with van der Waals surface area (Å²) in [7, 11) is -7.64. The fourth-order valence-electron chi connectivity index (χ4n) is 1.68. The number of anilines is 1. The number of benzene rings is 2. The minimum absolute atomic E-state index is 0.0244. The second-order valence-corrected chi connectivity index (χ2v) is 7.80. The van der Waals surface area contributed by atoms with Crippen LogP contribution in [-0.2, 0) is 20.0 Å². The fourth-order valence-corrected chi connectivity index (χ4v) is 3.36. The number of thiocarbonyl (C=S) groups is 1. The first-order valence-electron chi connectivity index (χ1n) is 6.06. The molecule has 0 aliphatic carbocycles. The number of hydrogen-bond acceptors (Lipinski definition) is 6. The van der Waals surface area contributed by atoms with Crippen molar-refractivity contribution in [2.75, 3.05) is 4.72 Å². The second kappa shape index (κ2) is 6.57. The molecule has 10 heteroatoms. The van der Waals surface area contributed by atoms with Crippen LogP contribution in [0, 0.1) is 0 Å². The molecular weight excluding hydrogens is 358 g/mol. The SMILES string of the molecule is NS(=O)(=O)c1ccc(NS(=O)(=O)c2ccc(N=C=S)cc2)cc1. The molecule has 0 saturated heterocycles. The van der Waals surface area contributed by atoms with Crippen LogP contribution in [0.25, 0.3) is 0 Å². The van der Waals surface area contributed by atoms with Gasteiger partial charge in [0.1, 0.15) is 0 Å². The van der Waals surface area contributed by atoms with Crippen LogP contribution in [0.1, 0.15) is 0 Å². The third-order valence-corrected chi connectivity index (χ3v) is 5.17. The van der Waals surface area contributed by atoms with Crippen molar-refractivity contribution in [1.82, 2.24) is 0 Å². The maximum Gasteiger partial charge on any atom is 0.261 e. The second-order valence-electron chi connectivity index (χ2n) is 4.37. The first-order chi connectivity index (χ1) is 10.7.